The fourth-order valence-corrected chi connectivity index (χ4v) is 0. The van der Waals surface area contributed by atoms with Gasteiger partial charge in [-0.1, -0.05) is 0 Å². The summed E-state index contributed by atoms with van der Waals surface area (Å²) in [7, 11) is 0. The highest BCUT2D eigenvalue weighted by Crippen LogP contribution is 1.84. The molecule has 1 saturated heterocycles. The molecule has 0 spiro atoms. The Bertz CT molecular complexity index is 65.7. The quantitative estimate of drug-likeness (QED) is 0.278. The van der Waals surface area contributed by atoms with E-state index in [4.69, 9.17) is 5.26 Å². The number of carbonyl (C=O) groups is 1. The Morgan fingerprint density at radius 3 is 2.00 bits per heavy atom. The summed E-state index contributed by atoms with van der Waals surface area (Å²) in [5.41, 5.74) is 0. The first-order chi connectivity index (χ1) is 3.77. The number of hydrogen-bond donors (Lipinski definition) is 1. The first-order valence-electron chi connectivity index (χ1n) is 2.17. The average Bonchev–Trinajstić information content (AvgIpc) is 2.48. The van der Waals surface area contributed by atoms with E-state index in [1.165, 1.54) is 0 Å². The highest BCUT2D eigenvalue weighted by atomic mass is 17.1. The van der Waals surface area contributed by atoms with Gasteiger partial charge in [0.2, 0.25) is 0 Å². The van der Waals surface area contributed by atoms with Crippen molar-refractivity contribution in [1.29, 1.82) is 0 Å². The average molecular weight is 120 g/mol. The van der Waals surface area contributed by atoms with Crippen molar-refractivity contribution in [3.8, 4) is 0 Å². The van der Waals surface area contributed by atoms with Crippen LogP contribution >= 0.6 is 0 Å². The SMILES string of the molecule is C1CO1.CC(=O)OO. The molecule has 1 fully saturated rings. The summed E-state index contributed by atoms with van der Waals surface area (Å²) >= 11 is 0. The van der Waals surface area contributed by atoms with Gasteiger partial charge in [-0.25, -0.2) is 4.79 Å². The van der Waals surface area contributed by atoms with E-state index in [-0.39, 0.29) is 0 Å². The molecular formula is C4H8O4. The highest BCUT2D eigenvalue weighted by molar-refractivity contribution is 5.64. The predicted octanol–water partition coefficient (Wildman–Crippen LogP) is 0.0391. The van der Waals surface area contributed by atoms with Gasteiger partial charge in [0, 0.05) is 6.92 Å². The summed E-state index contributed by atoms with van der Waals surface area (Å²) in [6.07, 6.45) is 0. The van der Waals surface area contributed by atoms with Crippen molar-refractivity contribution in [1.82, 2.24) is 0 Å². The minimum Gasteiger partial charge on any atom is -0.377 e. The lowest BCUT2D eigenvalue weighted by Crippen LogP contribution is -1.89. The maximum Gasteiger partial charge on any atom is 0.339 e. The van der Waals surface area contributed by atoms with Gasteiger partial charge in [-0.2, -0.15) is 5.26 Å². The molecule has 1 aliphatic heterocycles. The zero-order chi connectivity index (χ0) is 6.41. The summed E-state index contributed by atoms with van der Waals surface area (Å²) in [4.78, 5) is 12.5. The summed E-state index contributed by atoms with van der Waals surface area (Å²) in [5.74, 6) is -0.690. The first kappa shape index (κ1) is 7.39. The Hall–Kier alpha value is -0.610. The first-order valence-corrected chi connectivity index (χ1v) is 2.17. The minimum absolute atomic E-state index is 0.690. The van der Waals surface area contributed by atoms with Crippen LogP contribution in [0.1, 0.15) is 6.92 Å². The second-order valence-corrected chi connectivity index (χ2v) is 1.20. The van der Waals surface area contributed by atoms with E-state index < -0.39 is 5.97 Å². The molecule has 0 atom stereocenters. The van der Waals surface area contributed by atoms with Crippen LogP contribution in [0.15, 0.2) is 0 Å². The molecule has 0 aromatic carbocycles. The van der Waals surface area contributed by atoms with Gasteiger partial charge in [-0.05, 0) is 0 Å². The largest absolute Gasteiger partial charge is 0.377 e. The molecule has 0 aliphatic carbocycles. The minimum atomic E-state index is -0.690. The Morgan fingerprint density at radius 1 is 1.75 bits per heavy atom. The van der Waals surface area contributed by atoms with Crippen LogP contribution < -0.4 is 0 Å². The molecule has 1 N–H and O–H groups in total. The fourth-order valence-electron chi connectivity index (χ4n) is 0. The lowest BCUT2D eigenvalue weighted by atomic mass is 10.9. The van der Waals surface area contributed by atoms with Crippen molar-refractivity contribution < 1.29 is 19.7 Å². The number of rotatable bonds is 0. The van der Waals surface area contributed by atoms with Gasteiger partial charge >= 0.3 is 5.97 Å². The number of ether oxygens (including phenoxy) is 1. The molecule has 0 unspecified atom stereocenters. The highest BCUT2D eigenvalue weighted by Gasteiger charge is 1.94. The molecular weight excluding hydrogens is 112 g/mol. The van der Waals surface area contributed by atoms with Gasteiger partial charge in [0.05, 0.1) is 13.2 Å². The Labute approximate surface area is 46.9 Å². The van der Waals surface area contributed by atoms with E-state index in [0.29, 0.717) is 0 Å². The molecule has 4 heteroatoms. The number of epoxide rings is 1. The van der Waals surface area contributed by atoms with Gasteiger partial charge in [-0.3, -0.25) is 0 Å². The van der Waals surface area contributed by atoms with Crippen molar-refractivity contribution in [2.24, 2.45) is 0 Å². The lowest BCUT2D eigenvalue weighted by molar-refractivity contribution is -0.231. The van der Waals surface area contributed by atoms with Crippen molar-refractivity contribution in [3.63, 3.8) is 0 Å². The summed E-state index contributed by atoms with van der Waals surface area (Å²) in [6, 6.07) is 0. The van der Waals surface area contributed by atoms with E-state index in [9.17, 15) is 4.79 Å². The molecule has 0 radical (unpaired) electrons. The summed E-state index contributed by atoms with van der Waals surface area (Å²) in [5, 5.41) is 7.29. The Balaban J connectivity index is 0.000000135. The molecule has 1 aliphatic rings. The van der Waals surface area contributed by atoms with E-state index in [1.54, 1.807) is 0 Å². The molecule has 0 saturated carbocycles. The van der Waals surface area contributed by atoms with Gasteiger partial charge in [-0.15, -0.1) is 0 Å². The van der Waals surface area contributed by atoms with Gasteiger partial charge < -0.3 is 9.62 Å². The molecule has 0 aromatic rings. The Morgan fingerprint density at radius 2 is 2.00 bits per heavy atom. The maximum atomic E-state index is 9.34. The predicted molar refractivity (Wildman–Crippen MR) is 25.2 cm³/mol. The van der Waals surface area contributed by atoms with Crippen LogP contribution in [0.5, 0.6) is 0 Å². The summed E-state index contributed by atoms with van der Waals surface area (Å²) < 4.78 is 4.50. The molecule has 48 valence electrons. The smallest absolute Gasteiger partial charge is 0.339 e. The molecule has 0 amide bonds. The van der Waals surface area contributed by atoms with E-state index in [1.807, 2.05) is 0 Å². The third kappa shape index (κ3) is 18.2. The standard InChI is InChI=1S/C2H4O3.C2H4O/c1-2(3)5-4;1-2-3-1/h4H,1H3;1-2H2. The van der Waals surface area contributed by atoms with Gasteiger partial charge in [0.1, 0.15) is 0 Å². The van der Waals surface area contributed by atoms with Gasteiger partial charge in [0.25, 0.3) is 0 Å². The van der Waals surface area contributed by atoms with Crippen LogP contribution in [0.25, 0.3) is 0 Å². The molecule has 0 bridgehead atoms. The second kappa shape index (κ2) is 4.55. The van der Waals surface area contributed by atoms with E-state index in [0.717, 1.165) is 20.1 Å². The summed E-state index contributed by atoms with van der Waals surface area (Å²) in [6.45, 7) is 3.11. The fraction of sp³-hybridized carbons (Fsp3) is 0.750. The van der Waals surface area contributed by atoms with Gasteiger partial charge in [0.15, 0.2) is 0 Å². The molecule has 1 rings (SSSR count). The maximum absolute atomic E-state index is 9.34. The van der Waals surface area contributed by atoms with Crippen LogP contribution in [-0.4, -0.2) is 24.4 Å². The molecule has 0 aromatic heterocycles. The monoisotopic (exact) mass is 120 g/mol. The van der Waals surface area contributed by atoms with Crippen LogP contribution in [0.2, 0.25) is 0 Å². The van der Waals surface area contributed by atoms with Crippen molar-refractivity contribution >= 4 is 5.97 Å². The van der Waals surface area contributed by atoms with Crippen molar-refractivity contribution in [3.05, 3.63) is 0 Å². The van der Waals surface area contributed by atoms with Crippen LogP contribution in [0.4, 0.5) is 0 Å². The lowest BCUT2D eigenvalue weighted by Gasteiger charge is -1.76. The topological polar surface area (TPSA) is 59.1 Å². The zero-order valence-electron chi connectivity index (χ0n) is 4.59. The zero-order valence-corrected chi connectivity index (χ0v) is 4.59. The number of carbonyl (C=O) groups excluding carboxylic acids is 1. The van der Waals surface area contributed by atoms with E-state index in [2.05, 4.69) is 9.62 Å². The third-order valence-electron chi connectivity index (χ3n) is 0.333. The van der Waals surface area contributed by atoms with Crippen LogP contribution in [0.3, 0.4) is 0 Å². The van der Waals surface area contributed by atoms with E-state index >= 15 is 0 Å². The van der Waals surface area contributed by atoms with Crippen LogP contribution in [-0.2, 0) is 14.4 Å². The normalized spacial score (nSPS) is 13.2. The second-order valence-electron chi connectivity index (χ2n) is 1.20. The Kier molecular flexibility index (Phi) is 4.20. The van der Waals surface area contributed by atoms with Crippen molar-refractivity contribution in [2.45, 2.75) is 6.92 Å². The molecule has 8 heavy (non-hydrogen) atoms. The molecule has 1 heterocycles. The van der Waals surface area contributed by atoms with Crippen molar-refractivity contribution in [2.75, 3.05) is 13.2 Å². The van der Waals surface area contributed by atoms with Crippen LogP contribution in [0, 0.1) is 0 Å². The number of hydrogen-bond acceptors (Lipinski definition) is 4. The third-order valence-corrected chi connectivity index (χ3v) is 0.333. The molecule has 4 nitrogen and oxygen atoms in total.